The van der Waals surface area contributed by atoms with E-state index in [-0.39, 0.29) is 0 Å². The van der Waals surface area contributed by atoms with Crippen LogP contribution >= 0.6 is 0 Å². The highest BCUT2D eigenvalue weighted by atomic mass is 32.2. The second-order valence-corrected chi connectivity index (χ2v) is 6.75. The molecule has 1 aromatic heterocycles. The molecule has 3 rings (SSSR count). The van der Waals surface area contributed by atoms with Crippen molar-refractivity contribution in [2.75, 3.05) is 6.26 Å². The second-order valence-electron chi connectivity index (χ2n) is 5.37. The zero-order chi connectivity index (χ0) is 16.1. The van der Waals surface area contributed by atoms with Crippen LogP contribution in [0.15, 0.2) is 65.7 Å². The van der Waals surface area contributed by atoms with Gasteiger partial charge in [0.1, 0.15) is 0 Å². The molecular formula is C18H19N3OS. The molecule has 0 unspecified atom stereocenters. The largest absolute Gasteiger partial charge is 0.309 e. The van der Waals surface area contributed by atoms with E-state index in [1.807, 2.05) is 30.3 Å². The molecule has 0 bridgehead atoms. The summed E-state index contributed by atoms with van der Waals surface area (Å²) in [6, 6.07) is 18.3. The van der Waals surface area contributed by atoms with Crippen molar-refractivity contribution in [3.05, 3.63) is 71.9 Å². The van der Waals surface area contributed by atoms with E-state index in [0.29, 0.717) is 0 Å². The summed E-state index contributed by atoms with van der Waals surface area (Å²) < 4.78 is 11.4. The van der Waals surface area contributed by atoms with Crippen LogP contribution in [-0.4, -0.2) is 20.7 Å². The summed E-state index contributed by atoms with van der Waals surface area (Å²) >= 11 is 0. The Balaban J connectivity index is 1.53. The summed E-state index contributed by atoms with van der Waals surface area (Å²) in [5, 5.41) is 10.4. The van der Waals surface area contributed by atoms with Crippen LogP contribution in [0.1, 0.15) is 11.1 Å². The topological polar surface area (TPSA) is 57.8 Å². The van der Waals surface area contributed by atoms with Crippen molar-refractivity contribution < 1.29 is 4.21 Å². The molecule has 0 radical (unpaired) electrons. The first-order valence-corrected chi connectivity index (χ1v) is 9.00. The first-order valence-electron chi connectivity index (χ1n) is 7.44. The molecular weight excluding hydrogens is 306 g/mol. The van der Waals surface area contributed by atoms with Crippen LogP contribution in [0.2, 0.25) is 0 Å². The van der Waals surface area contributed by atoms with Crippen LogP contribution < -0.4 is 5.32 Å². The zero-order valence-corrected chi connectivity index (χ0v) is 13.8. The van der Waals surface area contributed by atoms with Gasteiger partial charge in [0.15, 0.2) is 0 Å². The lowest BCUT2D eigenvalue weighted by Gasteiger charge is -2.07. The fourth-order valence-electron chi connectivity index (χ4n) is 2.37. The number of H-pyrrole nitrogens is 1. The molecule has 0 fully saturated rings. The minimum Gasteiger partial charge on any atom is -0.309 e. The van der Waals surface area contributed by atoms with Crippen molar-refractivity contribution in [2.24, 2.45) is 0 Å². The number of aromatic nitrogens is 2. The summed E-state index contributed by atoms with van der Waals surface area (Å²) in [4.78, 5) is 0.864. The van der Waals surface area contributed by atoms with E-state index < -0.39 is 10.8 Å². The summed E-state index contributed by atoms with van der Waals surface area (Å²) in [5.74, 6) is 0. The lowest BCUT2D eigenvalue weighted by Crippen LogP contribution is -2.12. The van der Waals surface area contributed by atoms with Gasteiger partial charge in [0.2, 0.25) is 0 Å². The molecule has 2 aromatic carbocycles. The number of hydrogen-bond donors (Lipinski definition) is 2. The molecule has 23 heavy (non-hydrogen) atoms. The summed E-state index contributed by atoms with van der Waals surface area (Å²) in [5.41, 5.74) is 4.58. The summed E-state index contributed by atoms with van der Waals surface area (Å²) in [7, 11) is -0.915. The van der Waals surface area contributed by atoms with Gasteiger partial charge in [-0.1, -0.05) is 36.4 Å². The van der Waals surface area contributed by atoms with E-state index in [4.69, 9.17) is 0 Å². The van der Waals surface area contributed by atoms with Gasteiger partial charge in [0, 0.05) is 41.2 Å². The molecule has 1 heterocycles. The number of nitrogens with zero attached hydrogens (tertiary/aromatic N) is 1. The highest BCUT2D eigenvalue weighted by molar-refractivity contribution is 7.84. The lowest BCUT2D eigenvalue weighted by molar-refractivity contribution is 0.685. The Morgan fingerprint density at radius 1 is 0.957 bits per heavy atom. The molecule has 4 nitrogen and oxygen atoms in total. The molecule has 0 aliphatic carbocycles. The average molecular weight is 325 g/mol. The van der Waals surface area contributed by atoms with Crippen molar-refractivity contribution >= 4 is 10.8 Å². The highest BCUT2D eigenvalue weighted by Gasteiger charge is 2.00. The molecule has 0 aliphatic rings. The molecule has 0 saturated heterocycles. The van der Waals surface area contributed by atoms with E-state index in [9.17, 15) is 4.21 Å². The van der Waals surface area contributed by atoms with E-state index in [1.54, 1.807) is 12.5 Å². The standard InChI is InChI=1S/C18H19N3OS/c1-23(22)17-8-4-15(5-9-17)13-19-12-14-2-6-16(7-3-14)18-10-11-20-21-18/h2-11,19H,12-13H2,1H3,(H,20,21)/t23-/m0/s1. The zero-order valence-electron chi connectivity index (χ0n) is 13.0. The van der Waals surface area contributed by atoms with Crippen LogP contribution in [0.4, 0.5) is 0 Å². The Hall–Kier alpha value is -2.24. The van der Waals surface area contributed by atoms with Crippen molar-refractivity contribution in [1.29, 1.82) is 0 Å². The Morgan fingerprint density at radius 2 is 1.57 bits per heavy atom. The van der Waals surface area contributed by atoms with Crippen LogP contribution in [0, 0.1) is 0 Å². The number of benzene rings is 2. The van der Waals surface area contributed by atoms with Crippen LogP contribution in [0.5, 0.6) is 0 Å². The first-order chi connectivity index (χ1) is 11.2. The van der Waals surface area contributed by atoms with Crippen LogP contribution in [0.3, 0.4) is 0 Å². The van der Waals surface area contributed by atoms with Crippen molar-refractivity contribution in [3.63, 3.8) is 0 Å². The molecule has 118 valence electrons. The van der Waals surface area contributed by atoms with E-state index in [2.05, 4.69) is 39.8 Å². The normalized spacial score (nSPS) is 12.2. The monoisotopic (exact) mass is 325 g/mol. The Labute approximate surface area is 138 Å². The van der Waals surface area contributed by atoms with Crippen molar-refractivity contribution in [2.45, 2.75) is 18.0 Å². The number of hydrogen-bond acceptors (Lipinski definition) is 3. The Bertz CT molecular complexity index is 765. The van der Waals surface area contributed by atoms with E-state index in [0.717, 1.165) is 29.2 Å². The minimum atomic E-state index is -0.915. The molecule has 1 atom stereocenters. The quantitative estimate of drug-likeness (QED) is 0.732. The number of rotatable bonds is 6. The third-order valence-corrected chi connectivity index (χ3v) is 4.62. The third-order valence-electron chi connectivity index (χ3n) is 3.68. The average Bonchev–Trinajstić information content (AvgIpc) is 3.10. The van der Waals surface area contributed by atoms with Crippen molar-refractivity contribution in [3.8, 4) is 11.3 Å². The molecule has 0 aliphatic heterocycles. The Morgan fingerprint density at radius 3 is 2.09 bits per heavy atom. The van der Waals surface area contributed by atoms with Crippen LogP contribution in [0.25, 0.3) is 11.3 Å². The maximum absolute atomic E-state index is 11.4. The van der Waals surface area contributed by atoms with Gasteiger partial charge in [0.25, 0.3) is 0 Å². The summed E-state index contributed by atoms with van der Waals surface area (Å²) in [6.45, 7) is 1.60. The SMILES string of the molecule is C[S@](=O)c1ccc(CNCc2ccc(-c3ccn[nH]3)cc2)cc1. The maximum atomic E-state index is 11.4. The Kier molecular flexibility index (Phi) is 5.00. The van der Waals surface area contributed by atoms with Gasteiger partial charge in [-0.05, 0) is 34.9 Å². The fourth-order valence-corrected chi connectivity index (χ4v) is 2.89. The molecule has 5 heteroatoms. The predicted octanol–water partition coefficient (Wildman–Crippen LogP) is 3.10. The fraction of sp³-hybridized carbons (Fsp3) is 0.167. The van der Waals surface area contributed by atoms with Gasteiger partial charge in [0.05, 0.1) is 5.69 Å². The van der Waals surface area contributed by atoms with Crippen molar-refractivity contribution in [1.82, 2.24) is 15.5 Å². The second kappa shape index (κ2) is 7.35. The van der Waals surface area contributed by atoms with Crippen LogP contribution in [-0.2, 0) is 23.9 Å². The smallest absolute Gasteiger partial charge is 0.0650 e. The number of nitrogens with one attached hydrogen (secondary N) is 2. The molecule has 0 saturated carbocycles. The molecule has 0 spiro atoms. The maximum Gasteiger partial charge on any atom is 0.0650 e. The summed E-state index contributed by atoms with van der Waals surface area (Å²) in [6.07, 6.45) is 3.45. The molecule has 2 N–H and O–H groups in total. The third kappa shape index (κ3) is 4.15. The molecule has 0 amide bonds. The van der Waals surface area contributed by atoms with Gasteiger partial charge in [-0.25, -0.2) is 0 Å². The van der Waals surface area contributed by atoms with Gasteiger partial charge < -0.3 is 5.32 Å². The van der Waals surface area contributed by atoms with Gasteiger partial charge in [-0.3, -0.25) is 9.31 Å². The number of aromatic amines is 1. The van der Waals surface area contributed by atoms with E-state index >= 15 is 0 Å². The highest BCUT2D eigenvalue weighted by Crippen LogP contribution is 2.16. The van der Waals surface area contributed by atoms with Gasteiger partial charge >= 0.3 is 0 Å². The van der Waals surface area contributed by atoms with Gasteiger partial charge in [-0.15, -0.1) is 0 Å². The predicted molar refractivity (Wildman–Crippen MR) is 93.3 cm³/mol. The van der Waals surface area contributed by atoms with E-state index in [1.165, 1.54) is 11.1 Å². The first kappa shape index (κ1) is 15.6. The lowest BCUT2D eigenvalue weighted by atomic mass is 10.1. The molecule has 3 aromatic rings. The van der Waals surface area contributed by atoms with Gasteiger partial charge in [-0.2, -0.15) is 5.10 Å². The minimum absolute atomic E-state index is 0.791.